The molecule has 0 saturated carbocycles. The zero-order chi connectivity index (χ0) is 17.8. The van der Waals surface area contributed by atoms with Gasteiger partial charge in [0.05, 0.1) is 11.7 Å². The fourth-order valence-electron chi connectivity index (χ4n) is 2.96. The molecule has 0 radical (unpaired) electrons. The Kier molecular flexibility index (Phi) is 5.40. The number of hydrogen-bond donors (Lipinski definition) is 2. The second-order valence-corrected chi connectivity index (χ2v) is 6.24. The minimum atomic E-state index is -0.763. The molecule has 0 aromatic heterocycles. The van der Waals surface area contributed by atoms with Crippen molar-refractivity contribution in [2.24, 2.45) is 0 Å². The number of aliphatic hydroxyl groups excluding tert-OH is 1. The van der Waals surface area contributed by atoms with E-state index in [-0.39, 0.29) is 11.7 Å². The molecule has 0 atom stereocenters. The van der Waals surface area contributed by atoms with Crippen molar-refractivity contribution in [3.63, 3.8) is 0 Å². The van der Waals surface area contributed by atoms with Crippen LogP contribution < -0.4 is 5.32 Å². The van der Waals surface area contributed by atoms with Gasteiger partial charge in [0, 0.05) is 25.3 Å². The first kappa shape index (κ1) is 17.5. The van der Waals surface area contributed by atoms with Crippen molar-refractivity contribution < 1.29 is 18.7 Å². The van der Waals surface area contributed by atoms with Crippen LogP contribution in [0, 0.1) is 11.6 Å². The summed E-state index contributed by atoms with van der Waals surface area (Å²) in [5.74, 6) is -2.10. The van der Waals surface area contributed by atoms with Crippen LogP contribution in [0.5, 0.6) is 0 Å². The number of nitrogens with one attached hydrogen (secondary N) is 1. The number of halogens is 2. The SMILES string of the molecule is O=C(Nc1ccccc1CN1CCC(O)CC1)c1cc(F)ccc1F. The number of likely N-dealkylation sites (tertiary alicyclic amines) is 1. The minimum absolute atomic E-state index is 0.248. The Morgan fingerprint density at radius 1 is 1.16 bits per heavy atom. The largest absolute Gasteiger partial charge is 0.393 e. The van der Waals surface area contributed by atoms with Gasteiger partial charge in [-0.15, -0.1) is 0 Å². The number of amides is 1. The van der Waals surface area contributed by atoms with Gasteiger partial charge in [-0.1, -0.05) is 18.2 Å². The van der Waals surface area contributed by atoms with E-state index in [2.05, 4.69) is 10.2 Å². The quantitative estimate of drug-likeness (QED) is 0.894. The van der Waals surface area contributed by atoms with Gasteiger partial charge in [0.15, 0.2) is 0 Å². The summed E-state index contributed by atoms with van der Waals surface area (Å²) >= 11 is 0. The van der Waals surface area contributed by atoms with Crippen LogP contribution in [0.25, 0.3) is 0 Å². The fourth-order valence-corrected chi connectivity index (χ4v) is 2.96. The average molecular weight is 346 g/mol. The van der Waals surface area contributed by atoms with Gasteiger partial charge in [0.2, 0.25) is 0 Å². The molecule has 0 aliphatic carbocycles. The smallest absolute Gasteiger partial charge is 0.258 e. The highest BCUT2D eigenvalue weighted by Crippen LogP contribution is 2.21. The molecular weight excluding hydrogens is 326 g/mol. The summed E-state index contributed by atoms with van der Waals surface area (Å²) in [5, 5.41) is 12.3. The second-order valence-electron chi connectivity index (χ2n) is 6.24. The van der Waals surface area contributed by atoms with Crippen LogP contribution >= 0.6 is 0 Å². The van der Waals surface area contributed by atoms with Crippen molar-refractivity contribution in [3.05, 3.63) is 65.2 Å². The lowest BCUT2D eigenvalue weighted by Crippen LogP contribution is -2.35. The Hall–Kier alpha value is -2.31. The fraction of sp³-hybridized carbons (Fsp3) is 0.316. The number of nitrogens with zero attached hydrogens (tertiary/aromatic N) is 1. The third-order valence-electron chi connectivity index (χ3n) is 4.39. The molecule has 1 aliphatic heterocycles. The van der Waals surface area contributed by atoms with E-state index < -0.39 is 17.5 Å². The highest BCUT2D eigenvalue weighted by Gasteiger charge is 2.19. The molecule has 2 aromatic rings. The van der Waals surface area contributed by atoms with E-state index in [1.165, 1.54) is 0 Å². The van der Waals surface area contributed by atoms with Gasteiger partial charge in [0.25, 0.3) is 5.91 Å². The summed E-state index contributed by atoms with van der Waals surface area (Å²) in [6.07, 6.45) is 1.20. The standard InChI is InChI=1S/C19H20F2N2O2/c20-14-5-6-17(21)16(11-14)19(25)22-18-4-2-1-3-13(18)12-23-9-7-15(24)8-10-23/h1-6,11,15,24H,7-10,12H2,(H,22,25). The summed E-state index contributed by atoms with van der Waals surface area (Å²) in [4.78, 5) is 14.5. The van der Waals surface area contributed by atoms with Gasteiger partial charge >= 0.3 is 0 Å². The molecule has 132 valence electrons. The third kappa shape index (κ3) is 4.41. The number of carbonyl (C=O) groups excluding carboxylic acids is 1. The molecule has 1 heterocycles. The number of rotatable bonds is 4. The van der Waals surface area contributed by atoms with E-state index in [1.807, 2.05) is 12.1 Å². The van der Waals surface area contributed by atoms with Crippen molar-refractivity contribution >= 4 is 11.6 Å². The summed E-state index contributed by atoms with van der Waals surface area (Å²) in [6, 6.07) is 10.1. The molecule has 0 spiro atoms. The van der Waals surface area contributed by atoms with Crippen molar-refractivity contribution in [3.8, 4) is 0 Å². The molecule has 3 rings (SSSR count). The Balaban J connectivity index is 1.74. The molecule has 2 N–H and O–H groups in total. The molecule has 0 bridgehead atoms. The van der Waals surface area contributed by atoms with E-state index in [1.54, 1.807) is 12.1 Å². The second kappa shape index (κ2) is 7.72. The maximum absolute atomic E-state index is 13.8. The summed E-state index contributed by atoms with van der Waals surface area (Å²) in [7, 11) is 0. The third-order valence-corrected chi connectivity index (χ3v) is 4.39. The van der Waals surface area contributed by atoms with Gasteiger partial charge in [-0.3, -0.25) is 9.69 Å². The predicted octanol–water partition coefficient (Wildman–Crippen LogP) is 3.17. The van der Waals surface area contributed by atoms with E-state index in [4.69, 9.17) is 0 Å². The number of benzene rings is 2. The number of piperidine rings is 1. The highest BCUT2D eigenvalue weighted by atomic mass is 19.1. The van der Waals surface area contributed by atoms with Crippen LogP contribution in [-0.2, 0) is 6.54 Å². The Morgan fingerprint density at radius 3 is 2.64 bits per heavy atom. The lowest BCUT2D eigenvalue weighted by atomic mass is 10.1. The molecule has 25 heavy (non-hydrogen) atoms. The zero-order valence-corrected chi connectivity index (χ0v) is 13.7. The summed E-state index contributed by atoms with van der Waals surface area (Å²) in [6.45, 7) is 2.18. The number of anilines is 1. The number of carbonyl (C=O) groups is 1. The molecule has 1 aliphatic rings. The van der Waals surface area contributed by atoms with Crippen LogP contribution in [-0.4, -0.2) is 35.1 Å². The topological polar surface area (TPSA) is 52.6 Å². The minimum Gasteiger partial charge on any atom is -0.393 e. The molecule has 0 unspecified atom stereocenters. The number of hydrogen-bond acceptors (Lipinski definition) is 3. The Bertz CT molecular complexity index is 759. The van der Waals surface area contributed by atoms with Crippen molar-refractivity contribution in [1.82, 2.24) is 4.90 Å². The predicted molar refractivity (Wildman–Crippen MR) is 91.3 cm³/mol. The van der Waals surface area contributed by atoms with Crippen LogP contribution in [0.1, 0.15) is 28.8 Å². The van der Waals surface area contributed by atoms with E-state index in [0.29, 0.717) is 12.2 Å². The van der Waals surface area contributed by atoms with Crippen molar-refractivity contribution in [2.45, 2.75) is 25.5 Å². The van der Waals surface area contributed by atoms with Crippen molar-refractivity contribution in [2.75, 3.05) is 18.4 Å². The number of aliphatic hydroxyl groups is 1. The van der Waals surface area contributed by atoms with Gasteiger partial charge in [-0.25, -0.2) is 8.78 Å². The Labute approximate surface area is 145 Å². The molecule has 4 nitrogen and oxygen atoms in total. The van der Waals surface area contributed by atoms with Gasteiger partial charge in [-0.05, 0) is 42.7 Å². The van der Waals surface area contributed by atoms with Gasteiger partial charge in [0.1, 0.15) is 11.6 Å². The monoisotopic (exact) mass is 346 g/mol. The van der Waals surface area contributed by atoms with Crippen LogP contribution in [0.3, 0.4) is 0 Å². The first-order valence-electron chi connectivity index (χ1n) is 8.27. The van der Waals surface area contributed by atoms with Crippen molar-refractivity contribution in [1.29, 1.82) is 0 Å². The molecule has 6 heteroatoms. The normalized spacial score (nSPS) is 16.0. The molecular formula is C19H20F2N2O2. The van der Waals surface area contributed by atoms with Crippen LogP contribution in [0.15, 0.2) is 42.5 Å². The van der Waals surface area contributed by atoms with E-state index in [9.17, 15) is 18.7 Å². The molecule has 1 fully saturated rings. The van der Waals surface area contributed by atoms with Gasteiger partial charge in [-0.2, -0.15) is 0 Å². The first-order valence-corrected chi connectivity index (χ1v) is 8.27. The molecule has 1 amide bonds. The van der Waals surface area contributed by atoms with E-state index >= 15 is 0 Å². The van der Waals surface area contributed by atoms with E-state index in [0.717, 1.165) is 49.7 Å². The maximum atomic E-state index is 13.8. The Morgan fingerprint density at radius 2 is 1.88 bits per heavy atom. The maximum Gasteiger partial charge on any atom is 0.258 e. The zero-order valence-electron chi connectivity index (χ0n) is 13.7. The molecule has 2 aromatic carbocycles. The number of para-hydroxylation sites is 1. The average Bonchev–Trinajstić information content (AvgIpc) is 2.60. The summed E-state index contributed by atoms with van der Waals surface area (Å²) < 4.78 is 27.1. The summed E-state index contributed by atoms with van der Waals surface area (Å²) in [5.41, 5.74) is 1.14. The van der Waals surface area contributed by atoms with Crippen LogP contribution in [0.2, 0.25) is 0 Å². The van der Waals surface area contributed by atoms with Crippen LogP contribution in [0.4, 0.5) is 14.5 Å². The lowest BCUT2D eigenvalue weighted by Gasteiger charge is -2.30. The highest BCUT2D eigenvalue weighted by molar-refractivity contribution is 6.04. The first-order chi connectivity index (χ1) is 12.0. The molecule has 1 saturated heterocycles. The lowest BCUT2D eigenvalue weighted by molar-refractivity contribution is 0.0793. The van der Waals surface area contributed by atoms with Gasteiger partial charge < -0.3 is 10.4 Å².